The number of hydrogen-bond donors (Lipinski definition) is 2. The maximum Gasteiger partial charge on any atom is 0.242 e. The molecule has 1 heterocycles. The van der Waals surface area contributed by atoms with Gasteiger partial charge in [-0.1, -0.05) is 30.3 Å². The van der Waals surface area contributed by atoms with E-state index < -0.39 is 0 Å². The number of anilines is 1. The number of oxazole rings is 1. The Balaban J connectivity index is 1.51. The molecule has 3 rings (SSSR count). The molecule has 0 saturated heterocycles. The molecule has 0 saturated carbocycles. The number of aromatic nitrogens is 1. The third-order valence-electron chi connectivity index (χ3n) is 4.37. The Morgan fingerprint density at radius 3 is 2.69 bits per heavy atom. The molecule has 0 fully saturated rings. The fraction of sp³-hybridized carbons (Fsp3) is 0.333. The molecule has 0 spiro atoms. The van der Waals surface area contributed by atoms with E-state index in [1.54, 1.807) is 0 Å². The van der Waals surface area contributed by atoms with Gasteiger partial charge in [0.05, 0.1) is 0 Å². The fourth-order valence-electron chi connectivity index (χ4n) is 2.92. The smallest absolute Gasteiger partial charge is 0.242 e. The number of nitrogens with one attached hydrogen (secondary N) is 2. The standard InChI is InChI=1S/C21H25N3O2/c1-14(9-10-17-7-5-4-6-8-17)22-21(25)15(2)23-18-11-12-20-19(13-18)24-16(3)26-20/h4-8,11-15,23H,9-10H2,1-3H3,(H,22,25)/t14-,15-/m0/s1. The van der Waals surface area contributed by atoms with Crippen molar-refractivity contribution in [1.82, 2.24) is 10.3 Å². The maximum atomic E-state index is 12.4. The molecule has 26 heavy (non-hydrogen) atoms. The molecule has 0 aliphatic carbocycles. The van der Waals surface area contributed by atoms with Crippen LogP contribution in [0.1, 0.15) is 31.7 Å². The largest absolute Gasteiger partial charge is 0.441 e. The fourth-order valence-corrected chi connectivity index (χ4v) is 2.92. The quantitative estimate of drug-likeness (QED) is 0.673. The van der Waals surface area contributed by atoms with Crippen molar-refractivity contribution in [2.75, 3.05) is 5.32 Å². The van der Waals surface area contributed by atoms with Gasteiger partial charge in [0.25, 0.3) is 0 Å². The van der Waals surface area contributed by atoms with Crippen molar-refractivity contribution < 1.29 is 9.21 Å². The van der Waals surface area contributed by atoms with Gasteiger partial charge in [0.1, 0.15) is 11.6 Å². The number of fused-ring (bicyclic) bond motifs is 1. The van der Waals surface area contributed by atoms with Gasteiger partial charge in [-0.25, -0.2) is 4.98 Å². The molecule has 0 unspecified atom stereocenters. The molecule has 0 radical (unpaired) electrons. The van der Waals surface area contributed by atoms with Crippen LogP contribution in [0.15, 0.2) is 52.9 Å². The van der Waals surface area contributed by atoms with E-state index >= 15 is 0 Å². The first-order valence-electron chi connectivity index (χ1n) is 8.99. The summed E-state index contributed by atoms with van der Waals surface area (Å²) in [6.07, 6.45) is 1.86. The second-order valence-electron chi connectivity index (χ2n) is 6.72. The van der Waals surface area contributed by atoms with Crippen molar-refractivity contribution in [2.24, 2.45) is 0 Å². The molecule has 1 aromatic heterocycles. The summed E-state index contributed by atoms with van der Waals surface area (Å²) in [5, 5.41) is 6.30. The van der Waals surface area contributed by atoms with Gasteiger partial charge in [-0.2, -0.15) is 0 Å². The van der Waals surface area contributed by atoms with Crippen LogP contribution in [0.3, 0.4) is 0 Å². The van der Waals surface area contributed by atoms with Gasteiger partial charge in [-0.05, 0) is 50.5 Å². The lowest BCUT2D eigenvalue weighted by Gasteiger charge is -2.19. The zero-order valence-electron chi connectivity index (χ0n) is 15.5. The topological polar surface area (TPSA) is 67.2 Å². The molecule has 0 aliphatic heterocycles. The van der Waals surface area contributed by atoms with E-state index in [2.05, 4.69) is 27.8 Å². The minimum atomic E-state index is -0.334. The van der Waals surface area contributed by atoms with Crippen LogP contribution in [0.5, 0.6) is 0 Å². The SMILES string of the molecule is Cc1nc2cc(N[C@@H](C)C(=O)N[C@@H](C)CCc3ccccc3)ccc2o1. The Bertz CT molecular complexity index is 873. The van der Waals surface area contributed by atoms with Gasteiger partial charge in [-0.3, -0.25) is 4.79 Å². The van der Waals surface area contributed by atoms with Crippen LogP contribution >= 0.6 is 0 Å². The lowest BCUT2D eigenvalue weighted by molar-refractivity contribution is -0.122. The summed E-state index contributed by atoms with van der Waals surface area (Å²) in [7, 11) is 0. The molecule has 0 aliphatic rings. The first-order chi connectivity index (χ1) is 12.5. The van der Waals surface area contributed by atoms with E-state index in [1.165, 1.54) is 5.56 Å². The van der Waals surface area contributed by atoms with E-state index in [9.17, 15) is 4.79 Å². The van der Waals surface area contributed by atoms with Crippen LogP contribution in [0.25, 0.3) is 11.1 Å². The highest BCUT2D eigenvalue weighted by Crippen LogP contribution is 2.20. The summed E-state index contributed by atoms with van der Waals surface area (Å²) >= 11 is 0. The first kappa shape index (κ1) is 18.0. The summed E-state index contributed by atoms with van der Waals surface area (Å²) in [4.78, 5) is 16.7. The van der Waals surface area contributed by atoms with Crippen molar-refractivity contribution >= 4 is 22.7 Å². The van der Waals surface area contributed by atoms with Crippen molar-refractivity contribution in [3.05, 3.63) is 60.0 Å². The number of rotatable bonds is 7. The van der Waals surface area contributed by atoms with Gasteiger partial charge in [-0.15, -0.1) is 0 Å². The van der Waals surface area contributed by atoms with Crippen LogP contribution in [-0.2, 0) is 11.2 Å². The lowest BCUT2D eigenvalue weighted by Crippen LogP contribution is -2.42. The normalized spacial score (nSPS) is 13.3. The summed E-state index contributed by atoms with van der Waals surface area (Å²) in [6.45, 7) is 5.72. The highest BCUT2D eigenvalue weighted by molar-refractivity contribution is 5.85. The summed E-state index contributed by atoms with van der Waals surface area (Å²) in [5.41, 5.74) is 3.68. The molecule has 2 aromatic carbocycles. The number of carbonyl (C=O) groups is 1. The van der Waals surface area contributed by atoms with Crippen molar-refractivity contribution in [3.8, 4) is 0 Å². The van der Waals surface area contributed by atoms with Gasteiger partial charge >= 0.3 is 0 Å². The number of hydrogen-bond acceptors (Lipinski definition) is 4. The Labute approximate surface area is 153 Å². The zero-order chi connectivity index (χ0) is 18.5. The lowest BCUT2D eigenvalue weighted by atomic mass is 10.1. The van der Waals surface area contributed by atoms with Crippen LogP contribution in [0, 0.1) is 6.92 Å². The molecular formula is C21H25N3O2. The Hall–Kier alpha value is -2.82. The van der Waals surface area contributed by atoms with Crippen LogP contribution in [-0.4, -0.2) is 23.0 Å². The van der Waals surface area contributed by atoms with E-state index in [4.69, 9.17) is 4.42 Å². The molecule has 1 amide bonds. The molecule has 5 nitrogen and oxygen atoms in total. The number of nitrogens with zero attached hydrogens (tertiary/aromatic N) is 1. The number of carbonyl (C=O) groups excluding carboxylic acids is 1. The highest BCUT2D eigenvalue weighted by atomic mass is 16.3. The van der Waals surface area contributed by atoms with E-state index in [-0.39, 0.29) is 18.0 Å². The minimum absolute atomic E-state index is 0.0120. The van der Waals surface area contributed by atoms with Gasteiger partial charge in [0.2, 0.25) is 5.91 Å². The number of amides is 1. The first-order valence-corrected chi connectivity index (χ1v) is 8.99. The van der Waals surface area contributed by atoms with Crippen LogP contribution in [0.2, 0.25) is 0 Å². The van der Waals surface area contributed by atoms with Crippen LogP contribution in [0.4, 0.5) is 5.69 Å². The van der Waals surface area contributed by atoms with Gasteiger partial charge in [0.15, 0.2) is 11.5 Å². The summed E-state index contributed by atoms with van der Waals surface area (Å²) in [5.74, 6) is 0.622. The second kappa shape index (κ2) is 8.04. The minimum Gasteiger partial charge on any atom is -0.441 e. The van der Waals surface area contributed by atoms with E-state index in [1.807, 2.05) is 57.2 Å². The molecule has 2 N–H and O–H groups in total. The second-order valence-corrected chi connectivity index (χ2v) is 6.72. The highest BCUT2D eigenvalue weighted by Gasteiger charge is 2.15. The average molecular weight is 351 g/mol. The molecular weight excluding hydrogens is 326 g/mol. The summed E-state index contributed by atoms with van der Waals surface area (Å²) < 4.78 is 5.47. The zero-order valence-corrected chi connectivity index (χ0v) is 15.5. The summed E-state index contributed by atoms with van der Waals surface area (Å²) in [6, 6.07) is 15.8. The van der Waals surface area contributed by atoms with E-state index in [0.717, 1.165) is 29.6 Å². The molecule has 3 aromatic rings. The van der Waals surface area contributed by atoms with Crippen molar-refractivity contribution in [1.29, 1.82) is 0 Å². The molecule has 5 heteroatoms. The molecule has 2 atom stereocenters. The molecule has 0 bridgehead atoms. The number of benzene rings is 2. The Morgan fingerprint density at radius 2 is 1.92 bits per heavy atom. The third kappa shape index (κ3) is 4.63. The predicted octanol–water partition coefficient (Wildman–Crippen LogP) is 4.07. The monoisotopic (exact) mass is 351 g/mol. The van der Waals surface area contributed by atoms with Crippen molar-refractivity contribution in [2.45, 2.75) is 45.7 Å². The van der Waals surface area contributed by atoms with Gasteiger partial charge < -0.3 is 15.1 Å². The maximum absolute atomic E-state index is 12.4. The third-order valence-corrected chi connectivity index (χ3v) is 4.37. The number of aryl methyl sites for hydroxylation is 2. The predicted molar refractivity (Wildman–Crippen MR) is 104 cm³/mol. The van der Waals surface area contributed by atoms with Crippen molar-refractivity contribution in [3.63, 3.8) is 0 Å². The Morgan fingerprint density at radius 1 is 1.15 bits per heavy atom. The Kier molecular flexibility index (Phi) is 5.56. The average Bonchev–Trinajstić information content (AvgIpc) is 3.00. The van der Waals surface area contributed by atoms with Crippen LogP contribution < -0.4 is 10.6 Å². The van der Waals surface area contributed by atoms with E-state index in [0.29, 0.717) is 5.89 Å². The molecule has 136 valence electrons. The van der Waals surface area contributed by atoms with Gasteiger partial charge in [0, 0.05) is 18.7 Å².